The molecule has 3 rings (SSSR count). The number of rotatable bonds is 3. The number of carbonyl (C=O) groups is 2. The monoisotopic (exact) mass is 280 g/mol. The second-order valence-electron chi connectivity index (χ2n) is 4.54. The summed E-state index contributed by atoms with van der Waals surface area (Å²) in [6, 6.07) is 16.3. The van der Waals surface area contributed by atoms with Gasteiger partial charge in [0, 0.05) is 5.56 Å². The number of ether oxygens (including phenoxy) is 2. The van der Waals surface area contributed by atoms with Crippen LogP contribution in [0.1, 0.15) is 21.5 Å². The van der Waals surface area contributed by atoms with Crippen molar-refractivity contribution in [2.24, 2.45) is 0 Å². The first kappa shape index (κ1) is 13.1. The molecule has 2 aromatic carbocycles. The van der Waals surface area contributed by atoms with Crippen molar-refractivity contribution in [1.29, 1.82) is 0 Å². The van der Waals surface area contributed by atoms with Crippen LogP contribution in [0.2, 0.25) is 0 Å². The molecule has 21 heavy (non-hydrogen) atoms. The Morgan fingerprint density at radius 3 is 2.43 bits per heavy atom. The summed E-state index contributed by atoms with van der Waals surface area (Å²) in [6.45, 7) is 0.180. The first-order chi connectivity index (χ1) is 10.2. The standard InChI is InChI=1S/C17H12O4/c18-16(20-11-12-6-2-1-3-7-12)10-15-13-8-4-5-9-14(13)17(19)21-15/h1-10H,11H2/b15-10+. The quantitative estimate of drug-likeness (QED) is 0.640. The largest absolute Gasteiger partial charge is 0.458 e. The van der Waals surface area contributed by atoms with E-state index in [1.54, 1.807) is 24.3 Å². The van der Waals surface area contributed by atoms with E-state index in [-0.39, 0.29) is 12.4 Å². The highest BCUT2D eigenvalue weighted by Gasteiger charge is 2.26. The van der Waals surface area contributed by atoms with Crippen LogP contribution in [-0.4, -0.2) is 11.9 Å². The van der Waals surface area contributed by atoms with Gasteiger partial charge in [-0.2, -0.15) is 0 Å². The van der Waals surface area contributed by atoms with Gasteiger partial charge in [-0.05, 0) is 11.6 Å². The zero-order valence-corrected chi connectivity index (χ0v) is 11.1. The average molecular weight is 280 g/mol. The Kier molecular flexibility index (Phi) is 3.51. The van der Waals surface area contributed by atoms with Gasteiger partial charge in [0.05, 0.1) is 11.6 Å². The van der Waals surface area contributed by atoms with Crippen molar-refractivity contribution >= 4 is 17.7 Å². The molecule has 2 aromatic rings. The van der Waals surface area contributed by atoms with Crippen LogP contribution in [0, 0.1) is 0 Å². The molecule has 0 atom stereocenters. The van der Waals surface area contributed by atoms with E-state index in [2.05, 4.69) is 0 Å². The molecule has 0 bridgehead atoms. The molecule has 1 heterocycles. The van der Waals surface area contributed by atoms with E-state index >= 15 is 0 Å². The number of hydrogen-bond acceptors (Lipinski definition) is 4. The van der Waals surface area contributed by atoms with Crippen molar-refractivity contribution in [2.75, 3.05) is 0 Å². The van der Waals surface area contributed by atoms with Crippen molar-refractivity contribution in [3.63, 3.8) is 0 Å². The fraction of sp³-hybridized carbons (Fsp3) is 0.0588. The lowest BCUT2D eigenvalue weighted by Gasteiger charge is -2.02. The zero-order valence-electron chi connectivity index (χ0n) is 11.1. The normalized spacial score (nSPS) is 14.7. The third-order valence-electron chi connectivity index (χ3n) is 3.09. The van der Waals surface area contributed by atoms with Crippen molar-refractivity contribution in [2.45, 2.75) is 6.61 Å². The summed E-state index contributed by atoms with van der Waals surface area (Å²) < 4.78 is 10.2. The second kappa shape index (κ2) is 5.63. The fourth-order valence-corrected chi connectivity index (χ4v) is 2.07. The third-order valence-corrected chi connectivity index (χ3v) is 3.09. The van der Waals surface area contributed by atoms with Crippen LogP contribution < -0.4 is 0 Å². The van der Waals surface area contributed by atoms with E-state index in [4.69, 9.17) is 9.47 Å². The smallest absolute Gasteiger partial charge is 0.344 e. The van der Waals surface area contributed by atoms with Gasteiger partial charge in [-0.1, -0.05) is 48.5 Å². The molecule has 1 aliphatic rings. The van der Waals surface area contributed by atoms with E-state index in [9.17, 15) is 9.59 Å². The van der Waals surface area contributed by atoms with Gasteiger partial charge < -0.3 is 9.47 Å². The molecule has 0 spiro atoms. The van der Waals surface area contributed by atoms with Crippen LogP contribution in [0.3, 0.4) is 0 Å². The maximum absolute atomic E-state index is 11.8. The molecule has 0 fully saturated rings. The number of hydrogen-bond donors (Lipinski definition) is 0. The SMILES string of the molecule is O=C(/C=C1/OC(=O)c2ccccc21)OCc1ccccc1. The molecule has 0 N–H and O–H groups in total. The minimum absolute atomic E-state index is 0.180. The first-order valence-electron chi connectivity index (χ1n) is 6.48. The Labute approximate surface area is 121 Å². The number of benzene rings is 2. The maximum atomic E-state index is 11.8. The lowest BCUT2D eigenvalue weighted by Crippen LogP contribution is -2.02. The molecule has 0 saturated heterocycles. The molecule has 1 aliphatic heterocycles. The Bertz CT molecular complexity index is 717. The molecule has 0 unspecified atom stereocenters. The van der Waals surface area contributed by atoms with Crippen molar-refractivity contribution in [1.82, 2.24) is 0 Å². The Balaban J connectivity index is 1.71. The highest BCUT2D eigenvalue weighted by Crippen LogP contribution is 2.29. The van der Waals surface area contributed by atoms with E-state index in [1.807, 2.05) is 30.3 Å². The first-order valence-corrected chi connectivity index (χ1v) is 6.48. The number of esters is 2. The zero-order chi connectivity index (χ0) is 14.7. The Morgan fingerprint density at radius 1 is 1.00 bits per heavy atom. The molecule has 0 aliphatic carbocycles. The van der Waals surface area contributed by atoms with Gasteiger partial charge in [0.15, 0.2) is 0 Å². The lowest BCUT2D eigenvalue weighted by molar-refractivity contribution is -0.139. The predicted molar refractivity (Wildman–Crippen MR) is 76.1 cm³/mol. The second-order valence-corrected chi connectivity index (χ2v) is 4.54. The van der Waals surface area contributed by atoms with Crippen LogP contribution >= 0.6 is 0 Å². The van der Waals surface area contributed by atoms with Crippen molar-refractivity contribution in [3.8, 4) is 0 Å². The summed E-state index contributed by atoms with van der Waals surface area (Å²) in [5.74, 6) is -0.764. The maximum Gasteiger partial charge on any atom is 0.344 e. The number of cyclic esters (lactones) is 1. The number of carbonyl (C=O) groups excluding carboxylic acids is 2. The lowest BCUT2D eigenvalue weighted by atomic mass is 10.1. The summed E-state index contributed by atoms with van der Waals surface area (Å²) in [5, 5.41) is 0. The van der Waals surface area contributed by atoms with Crippen LogP contribution in [-0.2, 0) is 20.9 Å². The van der Waals surface area contributed by atoms with E-state index in [1.165, 1.54) is 6.08 Å². The van der Waals surface area contributed by atoms with Crippen LogP contribution in [0.4, 0.5) is 0 Å². The molecule has 0 radical (unpaired) electrons. The molecular formula is C17H12O4. The molecule has 0 amide bonds. The van der Waals surface area contributed by atoms with Gasteiger partial charge in [0.1, 0.15) is 12.4 Å². The summed E-state index contributed by atoms with van der Waals surface area (Å²) >= 11 is 0. The Morgan fingerprint density at radius 2 is 1.67 bits per heavy atom. The molecule has 4 heteroatoms. The molecule has 4 nitrogen and oxygen atoms in total. The highest BCUT2D eigenvalue weighted by atomic mass is 16.6. The van der Waals surface area contributed by atoms with Crippen LogP contribution in [0.15, 0.2) is 60.7 Å². The van der Waals surface area contributed by atoms with Gasteiger partial charge in [-0.25, -0.2) is 9.59 Å². The predicted octanol–water partition coefficient (Wildman–Crippen LogP) is 2.94. The van der Waals surface area contributed by atoms with Crippen LogP contribution in [0.5, 0.6) is 0 Å². The Hall–Kier alpha value is -2.88. The summed E-state index contributed by atoms with van der Waals surface area (Å²) in [5.41, 5.74) is 1.96. The van der Waals surface area contributed by atoms with Gasteiger partial charge >= 0.3 is 11.9 Å². The van der Waals surface area contributed by atoms with E-state index in [0.29, 0.717) is 11.1 Å². The minimum Gasteiger partial charge on any atom is -0.458 e. The van der Waals surface area contributed by atoms with Crippen LogP contribution in [0.25, 0.3) is 5.76 Å². The minimum atomic E-state index is -0.543. The van der Waals surface area contributed by atoms with Gasteiger partial charge in [0.2, 0.25) is 0 Å². The molecular weight excluding hydrogens is 268 g/mol. The fourth-order valence-electron chi connectivity index (χ4n) is 2.07. The topological polar surface area (TPSA) is 52.6 Å². The van der Waals surface area contributed by atoms with E-state index in [0.717, 1.165) is 5.56 Å². The van der Waals surface area contributed by atoms with Gasteiger partial charge in [-0.3, -0.25) is 0 Å². The van der Waals surface area contributed by atoms with Crippen molar-refractivity contribution < 1.29 is 19.1 Å². The van der Waals surface area contributed by atoms with Gasteiger partial charge in [0.25, 0.3) is 0 Å². The summed E-state index contributed by atoms with van der Waals surface area (Å²) in [6.07, 6.45) is 1.20. The van der Waals surface area contributed by atoms with Gasteiger partial charge in [-0.15, -0.1) is 0 Å². The molecule has 0 saturated carbocycles. The molecule has 104 valence electrons. The van der Waals surface area contributed by atoms with E-state index < -0.39 is 11.9 Å². The third kappa shape index (κ3) is 2.84. The summed E-state index contributed by atoms with van der Waals surface area (Å²) in [4.78, 5) is 23.4. The highest BCUT2D eigenvalue weighted by molar-refractivity contribution is 6.05. The summed E-state index contributed by atoms with van der Waals surface area (Å²) in [7, 11) is 0. The van der Waals surface area contributed by atoms with Crippen molar-refractivity contribution in [3.05, 3.63) is 77.4 Å². The number of fused-ring (bicyclic) bond motifs is 1. The molecule has 0 aromatic heterocycles. The average Bonchev–Trinajstić information content (AvgIpc) is 2.83.